The molecule has 0 spiro atoms. The highest BCUT2D eigenvalue weighted by atomic mass is 16.0. The Kier molecular flexibility index (Phi) is 5.57. The molecular weight excluding hydrogens is 136 g/mol. The fraction of sp³-hybridized carbons (Fsp3) is 1.00. The Morgan fingerprint density at radius 2 is 1.73 bits per heavy atom. The molecule has 1 nitrogen and oxygen atoms in total. The molecule has 0 aliphatic heterocycles. The van der Waals surface area contributed by atoms with Gasteiger partial charge >= 0.3 is 0 Å². The van der Waals surface area contributed by atoms with Crippen LogP contribution in [0.2, 0.25) is 0 Å². The second-order valence-electron chi connectivity index (χ2n) is 3.65. The number of hydrogen-bond acceptors (Lipinski definition) is 0. The first-order chi connectivity index (χ1) is 4.88. The van der Waals surface area contributed by atoms with Gasteiger partial charge in [0.05, 0.1) is 0 Å². The predicted octanol–water partition coefficient (Wildman–Crippen LogP) is 2.79. The lowest BCUT2D eigenvalue weighted by Gasteiger charge is -2.36. The molecule has 2 unspecified atom stereocenters. The number of hydrogen-bond donors (Lipinski definition) is 0. The van der Waals surface area contributed by atoms with Crippen LogP contribution in [-0.2, 0) is 0 Å². The Bertz CT molecular complexity index is 88.9. The van der Waals surface area contributed by atoms with E-state index in [0.717, 1.165) is 11.8 Å². The summed E-state index contributed by atoms with van der Waals surface area (Å²) in [6, 6.07) is 0. The lowest BCUT2D eigenvalue weighted by molar-refractivity contribution is 0.155. The number of rotatable bonds is 4. The van der Waals surface area contributed by atoms with E-state index >= 15 is 0 Å². The van der Waals surface area contributed by atoms with Crippen LogP contribution in [0.25, 0.3) is 0 Å². The van der Waals surface area contributed by atoms with Crippen LogP contribution >= 0.6 is 0 Å². The minimum absolute atomic E-state index is 0. The van der Waals surface area contributed by atoms with Crippen LogP contribution < -0.4 is 0 Å². The van der Waals surface area contributed by atoms with Gasteiger partial charge in [-0.25, -0.2) is 0 Å². The van der Waals surface area contributed by atoms with E-state index in [1.54, 1.807) is 0 Å². The summed E-state index contributed by atoms with van der Waals surface area (Å²) < 4.78 is 0. The van der Waals surface area contributed by atoms with Crippen LogP contribution in [0, 0.1) is 11.8 Å². The summed E-state index contributed by atoms with van der Waals surface area (Å²) in [6.45, 7) is 4.63. The summed E-state index contributed by atoms with van der Waals surface area (Å²) >= 11 is 0. The Hall–Kier alpha value is -0.0400. The topological polar surface area (TPSA) is 31.5 Å². The quantitative estimate of drug-likeness (QED) is 0.602. The van der Waals surface area contributed by atoms with E-state index < -0.39 is 0 Å². The molecule has 11 heavy (non-hydrogen) atoms. The molecule has 1 rings (SSSR count). The van der Waals surface area contributed by atoms with Gasteiger partial charge < -0.3 is 5.48 Å². The first-order valence-corrected chi connectivity index (χ1v) is 4.88. The molecule has 1 fully saturated rings. The van der Waals surface area contributed by atoms with Gasteiger partial charge in [-0.3, -0.25) is 0 Å². The van der Waals surface area contributed by atoms with E-state index in [4.69, 9.17) is 0 Å². The molecule has 1 aliphatic carbocycles. The van der Waals surface area contributed by atoms with E-state index in [-0.39, 0.29) is 5.48 Å². The second-order valence-corrected chi connectivity index (χ2v) is 3.65. The summed E-state index contributed by atoms with van der Waals surface area (Å²) in [7, 11) is 0. The van der Waals surface area contributed by atoms with E-state index in [9.17, 15) is 0 Å². The van der Waals surface area contributed by atoms with Crippen molar-refractivity contribution < 1.29 is 5.48 Å². The van der Waals surface area contributed by atoms with Gasteiger partial charge in [0.25, 0.3) is 0 Å². The fourth-order valence-corrected chi connectivity index (χ4v) is 2.02. The molecule has 1 aliphatic rings. The largest absolute Gasteiger partial charge is 0.412 e. The van der Waals surface area contributed by atoms with Crippen molar-refractivity contribution >= 4 is 0 Å². The first-order valence-electron chi connectivity index (χ1n) is 4.88. The molecule has 0 aromatic rings. The molecular formula is C10H22O. The Balaban J connectivity index is 0.000001000. The predicted molar refractivity (Wildman–Crippen MR) is 49.6 cm³/mol. The molecule has 0 bridgehead atoms. The average molecular weight is 158 g/mol. The highest BCUT2D eigenvalue weighted by Gasteiger charge is 2.27. The van der Waals surface area contributed by atoms with Gasteiger partial charge in [-0.2, -0.15) is 0 Å². The molecule has 0 amide bonds. The Morgan fingerprint density at radius 3 is 2.09 bits per heavy atom. The third-order valence-electron chi connectivity index (χ3n) is 3.03. The maximum Gasteiger partial charge on any atom is -0.0386 e. The van der Waals surface area contributed by atoms with Crippen molar-refractivity contribution in [3.8, 4) is 0 Å². The fourth-order valence-electron chi connectivity index (χ4n) is 2.02. The van der Waals surface area contributed by atoms with Gasteiger partial charge in [-0.05, 0) is 24.7 Å². The van der Waals surface area contributed by atoms with Crippen LogP contribution in [0.15, 0.2) is 0 Å². The van der Waals surface area contributed by atoms with Gasteiger partial charge in [0.1, 0.15) is 0 Å². The van der Waals surface area contributed by atoms with Gasteiger partial charge in [0, 0.05) is 0 Å². The van der Waals surface area contributed by atoms with E-state index in [0.29, 0.717) is 0 Å². The molecule has 0 heterocycles. The highest BCUT2D eigenvalue weighted by Crippen LogP contribution is 2.39. The Labute approximate surface area is 70.5 Å². The Morgan fingerprint density at radius 1 is 1.09 bits per heavy atom. The van der Waals surface area contributed by atoms with Crippen molar-refractivity contribution in [2.24, 2.45) is 11.8 Å². The maximum absolute atomic E-state index is 2.34. The van der Waals surface area contributed by atoms with Crippen molar-refractivity contribution in [1.29, 1.82) is 0 Å². The molecule has 0 aromatic heterocycles. The third-order valence-corrected chi connectivity index (χ3v) is 3.03. The second kappa shape index (κ2) is 5.59. The minimum Gasteiger partial charge on any atom is -0.412 e. The summed E-state index contributed by atoms with van der Waals surface area (Å²) in [4.78, 5) is 0. The molecule has 68 valence electrons. The van der Waals surface area contributed by atoms with E-state index in [1.807, 2.05) is 0 Å². The van der Waals surface area contributed by atoms with Crippen molar-refractivity contribution in [2.45, 2.75) is 52.4 Å². The van der Waals surface area contributed by atoms with Crippen molar-refractivity contribution in [2.75, 3.05) is 0 Å². The summed E-state index contributed by atoms with van der Waals surface area (Å²) in [5.74, 6) is 2.22. The molecule has 0 saturated heterocycles. The van der Waals surface area contributed by atoms with Crippen LogP contribution in [0.1, 0.15) is 52.4 Å². The van der Waals surface area contributed by atoms with E-state index in [2.05, 4.69) is 13.8 Å². The summed E-state index contributed by atoms with van der Waals surface area (Å²) in [5.41, 5.74) is 0. The number of unbranched alkanes of at least 4 members (excludes halogenated alkanes) is 1. The zero-order valence-corrected chi connectivity index (χ0v) is 7.90. The van der Waals surface area contributed by atoms with Gasteiger partial charge in [0.15, 0.2) is 0 Å². The maximum atomic E-state index is 2.34. The molecule has 0 aromatic carbocycles. The molecule has 2 atom stereocenters. The first kappa shape index (κ1) is 11.0. The highest BCUT2D eigenvalue weighted by molar-refractivity contribution is 4.79. The molecule has 2 N–H and O–H groups in total. The lowest BCUT2D eigenvalue weighted by Crippen LogP contribution is -2.24. The zero-order valence-electron chi connectivity index (χ0n) is 7.90. The van der Waals surface area contributed by atoms with Crippen molar-refractivity contribution in [1.82, 2.24) is 0 Å². The molecule has 1 saturated carbocycles. The summed E-state index contributed by atoms with van der Waals surface area (Å²) in [5, 5.41) is 0. The van der Waals surface area contributed by atoms with Crippen molar-refractivity contribution in [3.63, 3.8) is 0 Å². The van der Waals surface area contributed by atoms with E-state index in [1.165, 1.54) is 38.5 Å². The van der Waals surface area contributed by atoms with Crippen LogP contribution in [-0.4, -0.2) is 5.48 Å². The molecule has 1 heteroatoms. The monoisotopic (exact) mass is 158 g/mol. The average Bonchev–Trinajstić information content (AvgIpc) is 1.88. The van der Waals surface area contributed by atoms with Crippen LogP contribution in [0.5, 0.6) is 0 Å². The smallest absolute Gasteiger partial charge is 0.0386 e. The SMILES string of the molecule is CCCCC1CCC1CC.O. The van der Waals surface area contributed by atoms with Gasteiger partial charge in [-0.15, -0.1) is 0 Å². The summed E-state index contributed by atoms with van der Waals surface area (Å²) in [6.07, 6.45) is 8.82. The zero-order chi connectivity index (χ0) is 7.40. The lowest BCUT2D eigenvalue weighted by atomic mass is 9.70. The standard InChI is InChI=1S/C10H20.H2O/c1-3-5-6-10-8-7-9(10)4-2;/h9-10H,3-8H2,1-2H3;1H2. The van der Waals surface area contributed by atoms with Crippen LogP contribution in [0.4, 0.5) is 0 Å². The normalized spacial score (nSPS) is 28.9. The van der Waals surface area contributed by atoms with Gasteiger partial charge in [0.2, 0.25) is 0 Å². The van der Waals surface area contributed by atoms with Gasteiger partial charge in [-0.1, -0.05) is 39.5 Å². The van der Waals surface area contributed by atoms with Crippen LogP contribution in [0.3, 0.4) is 0 Å². The third kappa shape index (κ3) is 2.82. The van der Waals surface area contributed by atoms with Crippen molar-refractivity contribution in [3.05, 3.63) is 0 Å². The molecule has 0 radical (unpaired) electrons. The minimum atomic E-state index is 0.